The van der Waals surface area contributed by atoms with E-state index in [4.69, 9.17) is 31.2 Å². The smallest absolute Gasteiger partial charge is 0.463 e. The van der Waals surface area contributed by atoms with E-state index >= 15 is 0 Å². The number of nitrogens with one attached hydrogen (secondary N) is 2. The predicted octanol–water partition coefficient (Wildman–Crippen LogP) is 0.899. The van der Waals surface area contributed by atoms with E-state index in [0.717, 1.165) is 0 Å². The lowest BCUT2D eigenvalue weighted by atomic mass is 9.97. The number of rotatable bonds is 10. The normalized spacial score (nSPS) is 16.7. The van der Waals surface area contributed by atoms with Gasteiger partial charge in [0, 0.05) is 0 Å². The highest BCUT2D eigenvalue weighted by molar-refractivity contribution is 7.80. The van der Waals surface area contributed by atoms with Gasteiger partial charge in [-0.1, -0.05) is 0 Å². The zero-order chi connectivity index (χ0) is 19.6. The molecule has 1 rings (SSSR count). The van der Waals surface area contributed by atoms with E-state index in [0.29, 0.717) is 18.0 Å². The molecule has 10 heteroatoms. The lowest BCUT2D eigenvalue weighted by Gasteiger charge is -2.16. The molecule has 1 heterocycles. The standard InChI is InChI=1S/C16H26N2O7S/c1-16(2,3)13(20)23-9-7-22-8-10-25-15(21)24-6-4-5-11-12(19)18-14(26)17-11/h11H,4-10H2,1-3H3,(H2,17,18,19,26). The third kappa shape index (κ3) is 8.95. The minimum absolute atomic E-state index is 0.0346. The average Bonchev–Trinajstić information content (AvgIpc) is 2.87. The summed E-state index contributed by atoms with van der Waals surface area (Å²) in [6.07, 6.45) is 0.195. The summed E-state index contributed by atoms with van der Waals surface area (Å²) in [7, 11) is 0. The van der Waals surface area contributed by atoms with Gasteiger partial charge in [0.15, 0.2) is 5.11 Å². The quantitative estimate of drug-likeness (QED) is 0.319. The van der Waals surface area contributed by atoms with Crippen LogP contribution < -0.4 is 10.6 Å². The van der Waals surface area contributed by atoms with Crippen molar-refractivity contribution in [2.75, 3.05) is 33.0 Å². The topological polar surface area (TPSA) is 112 Å². The lowest BCUT2D eigenvalue weighted by Crippen LogP contribution is -2.29. The Kier molecular flexibility index (Phi) is 9.28. The van der Waals surface area contributed by atoms with E-state index in [1.807, 2.05) is 0 Å². The Morgan fingerprint density at radius 2 is 1.65 bits per heavy atom. The Balaban J connectivity index is 1.93. The SMILES string of the molecule is CC(C)(C)C(=O)OCCOCCOC(=O)OCCCC1NC(=S)NC1=O. The molecule has 1 saturated heterocycles. The van der Waals surface area contributed by atoms with E-state index in [-0.39, 0.29) is 51.0 Å². The van der Waals surface area contributed by atoms with Crippen LogP contribution in [0.1, 0.15) is 33.6 Å². The second-order valence-electron chi connectivity index (χ2n) is 6.60. The summed E-state index contributed by atoms with van der Waals surface area (Å²) in [5, 5.41) is 5.62. The summed E-state index contributed by atoms with van der Waals surface area (Å²) in [6, 6.07) is -0.386. The van der Waals surface area contributed by atoms with Crippen LogP contribution in [0, 0.1) is 5.41 Å². The number of carbonyl (C=O) groups excluding carboxylic acids is 3. The van der Waals surface area contributed by atoms with Crippen molar-refractivity contribution in [3.63, 3.8) is 0 Å². The van der Waals surface area contributed by atoms with Crippen LogP contribution in [0.25, 0.3) is 0 Å². The second-order valence-corrected chi connectivity index (χ2v) is 7.01. The van der Waals surface area contributed by atoms with Gasteiger partial charge in [-0.05, 0) is 45.8 Å². The van der Waals surface area contributed by atoms with Crippen LogP contribution >= 0.6 is 12.2 Å². The number of ether oxygens (including phenoxy) is 4. The molecule has 0 aromatic heterocycles. The fraction of sp³-hybridized carbons (Fsp3) is 0.750. The zero-order valence-electron chi connectivity index (χ0n) is 15.3. The molecule has 1 amide bonds. The molecular formula is C16H26N2O7S. The first-order valence-electron chi connectivity index (χ1n) is 8.36. The summed E-state index contributed by atoms with van der Waals surface area (Å²) in [6.45, 7) is 6.02. The highest BCUT2D eigenvalue weighted by Gasteiger charge is 2.26. The highest BCUT2D eigenvalue weighted by Crippen LogP contribution is 2.14. The third-order valence-electron chi connectivity index (χ3n) is 3.24. The maximum absolute atomic E-state index is 11.5. The first kappa shape index (κ1) is 22.1. The van der Waals surface area contributed by atoms with Crippen molar-refractivity contribution in [2.24, 2.45) is 5.41 Å². The zero-order valence-corrected chi connectivity index (χ0v) is 16.1. The van der Waals surface area contributed by atoms with Crippen molar-refractivity contribution in [3.8, 4) is 0 Å². The molecule has 148 valence electrons. The number of hydrogen-bond donors (Lipinski definition) is 2. The molecule has 0 radical (unpaired) electrons. The molecule has 0 aliphatic carbocycles. The van der Waals surface area contributed by atoms with Crippen LogP contribution in [0.3, 0.4) is 0 Å². The molecule has 1 fully saturated rings. The first-order valence-corrected chi connectivity index (χ1v) is 8.77. The number of carbonyl (C=O) groups is 3. The van der Waals surface area contributed by atoms with Crippen molar-refractivity contribution in [1.29, 1.82) is 0 Å². The summed E-state index contributed by atoms with van der Waals surface area (Å²) in [5.41, 5.74) is -0.545. The molecule has 1 aliphatic heterocycles. The van der Waals surface area contributed by atoms with Crippen LogP contribution in [0.4, 0.5) is 4.79 Å². The Hall–Kier alpha value is -1.94. The Morgan fingerprint density at radius 1 is 1.04 bits per heavy atom. The Labute approximate surface area is 158 Å². The molecule has 0 aromatic rings. The van der Waals surface area contributed by atoms with Gasteiger partial charge in [0.25, 0.3) is 0 Å². The fourth-order valence-electron chi connectivity index (χ4n) is 1.84. The minimum Gasteiger partial charge on any atom is -0.463 e. The van der Waals surface area contributed by atoms with Gasteiger partial charge in [0.05, 0.1) is 25.2 Å². The summed E-state index contributed by atoms with van der Waals surface area (Å²) < 4.78 is 19.9. The summed E-state index contributed by atoms with van der Waals surface area (Å²) in [4.78, 5) is 34.3. The van der Waals surface area contributed by atoms with Gasteiger partial charge in [-0.25, -0.2) is 4.79 Å². The maximum atomic E-state index is 11.5. The van der Waals surface area contributed by atoms with Crippen LogP contribution in [-0.2, 0) is 28.5 Å². The number of hydrogen-bond acceptors (Lipinski definition) is 8. The van der Waals surface area contributed by atoms with Gasteiger partial charge >= 0.3 is 12.1 Å². The second kappa shape index (κ2) is 10.9. The molecule has 0 saturated carbocycles. The van der Waals surface area contributed by atoms with Crippen molar-refractivity contribution in [1.82, 2.24) is 10.6 Å². The first-order chi connectivity index (χ1) is 12.2. The third-order valence-corrected chi connectivity index (χ3v) is 3.46. The highest BCUT2D eigenvalue weighted by atomic mass is 32.1. The molecular weight excluding hydrogens is 364 g/mol. The van der Waals surface area contributed by atoms with E-state index in [1.165, 1.54) is 0 Å². The van der Waals surface area contributed by atoms with Crippen LogP contribution in [0.15, 0.2) is 0 Å². The number of amides is 1. The van der Waals surface area contributed by atoms with Gasteiger partial charge in [-0.15, -0.1) is 0 Å². The molecule has 2 N–H and O–H groups in total. The van der Waals surface area contributed by atoms with Crippen molar-refractivity contribution >= 4 is 35.4 Å². The van der Waals surface area contributed by atoms with Crippen LogP contribution in [0.5, 0.6) is 0 Å². The Morgan fingerprint density at radius 3 is 2.23 bits per heavy atom. The summed E-state index contributed by atoms with van der Waals surface area (Å²) in [5.74, 6) is -0.476. The van der Waals surface area contributed by atoms with E-state index in [9.17, 15) is 14.4 Å². The molecule has 0 spiro atoms. The minimum atomic E-state index is -0.799. The van der Waals surface area contributed by atoms with Crippen LogP contribution in [0.2, 0.25) is 0 Å². The van der Waals surface area contributed by atoms with E-state index in [2.05, 4.69) is 10.6 Å². The Bertz CT molecular complexity index is 519. The van der Waals surface area contributed by atoms with Crippen LogP contribution in [-0.4, -0.2) is 62.2 Å². The summed E-state index contributed by atoms with van der Waals surface area (Å²) >= 11 is 4.82. The van der Waals surface area contributed by atoms with Crippen molar-refractivity contribution < 1.29 is 33.3 Å². The van der Waals surface area contributed by atoms with E-state index in [1.54, 1.807) is 20.8 Å². The number of esters is 1. The molecule has 0 aromatic carbocycles. The van der Waals surface area contributed by atoms with Gasteiger partial charge in [0.1, 0.15) is 19.3 Å². The largest absolute Gasteiger partial charge is 0.508 e. The van der Waals surface area contributed by atoms with E-state index < -0.39 is 11.6 Å². The molecule has 1 atom stereocenters. The average molecular weight is 390 g/mol. The van der Waals surface area contributed by atoms with Gasteiger partial charge in [-0.2, -0.15) is 0 Å². The fourth-order valence-corrected chi connectivity index (χ4v) is 2.09. The molecule has 26 heavy (non-hydrogen) atoms. The van der Waals surface area contributed by atoms with Gasteiger partial charge in [0.2, 0.25) is 5.91 Å². The molecule has 1 unspecified atom stereocenters. The van der Waals surface area contributed by atoms with Gasteiger partial charge < -0.3 is 29.6 Å². The lowest BCUT2D eigenvalue weighted by molar-refractivity contribution is -0.154. The molecule has 1 aliphatic rings. The van der Waals surface area contributed by atoms with Crippen molar-refractivity contribution in [3.05, 3.63) is 0 Å². The van der Waals surface area contributed by atoms with Crippen molar-refractivity contribution in [2.45, 2.75) is 39.7 Å². The maximum Gasteiger partial charge on any atom is 0.508 e. The molecule has 9 nitrogen and oxygen atoms in total. The molecule has 0 bridgehead atoms. The predicted molar refractivity (Wildman–Crippen MR) is 95.4 cm³/mol. The number of thiocarbonyl (C=S) groups is 1. The monoisotopic (exact) mass is 390 g/mol. The van der Waals surface area contributed by atoms with Gasteiger partial charge in [-0.3, -0.25) is 9.59 Å².